The normalized spacial score (nSPS) is 15.9. The number of benzene rings is 2. The monoisotopic (exact) mass is 343 g/mol. The Hall–Kier alpha value is -2.00. The number of hydrogen-bond donors (Lipinski definition) is 1. The summed E-state index contributed by atoms with van der Waals surface area (Å²) in [6.07, 6.45) is 3.91. The quantitative estimate of drug-likeness (QED) is 0.869. The summed E-state index contributed by atoms with van der Waals surface area (Å²) in [6.45, 7) is 0.470. The van der Waals surface area contributed by atoms with Crippen molar-refractivity contribution in [3.05, 3.63) is 64.7 Å². The number of nitrogens with one attached hydrogen (secondary N) is 1. The molecule has 1 saturated carbocycles. The molecule has 3 rings (SSSR count). The van der Waals surface area contributed by atoms with Crippen LogP contribution in [0.2, 0.25) is 5.02 Å². The van der Waals surface area contributed by atoms with Crippen LogP contribution in [0.3, 0.4) is 0 Å². The number of hydrogen-bond acceptors (Lipinski definition) is 2. The molecule has 126 valence electrons. The third-order valence-corrected chi connectivity index (χ3v) is 5.17. The molecule has 0 unspecified atom stereocenters. The Morgan fingerprint density at radius 2 is 1.79 bits per heavy atom. The van der Waals surface area contributed by atoms with Crippen molar-refractivity contribution >= 4 is 17.5 Å². The van der Waals surface area contributed by atoms with Crippen LogP contribution in [0.25, 0.3) is 0 Å². The Labute approximate surface area is 148 Å². The Morgan fingerprint density at radius 3 is 2.46 bits per heavy atom. The highest BCUT2D eigenvalue weighted by Crippen LogP contribution is 2.41. The molecular weight excluding hydrogens is 322 g/mol. The van der Waals surface area contributed by atoms with Gasteiger partial charge >= 0.3 is 0 Å². The third kappa shape index (κ3) is 3.27. The molecular formula is C20H22ClNO2. The first-order valence-corrected chi connectivity index (χ1v) is 8.70. The minimum absolute atomic E-state index is 0.0910. The standard InChI is InChI=1S/C20H22ClNO2/c1-24-18-7-3-2-6-15(18)14-22-19(23)20(12-4-5-13-20)16-8-10-17(21)11-9-16/h2-3,6-11H,4-5,12-14H2,1H3,(H,22,23). The molecule has 24 heavy (non-hydrogen) atoms. The van der Waals surface area contributed by atoms with Crippen molar-refractivity contribution in [3.63, 3.8) is 0 Å². The molecule has 1 N–H and O–H groups in total. The molecule has 0 spiro atoms. The van der Waals surface area contributed by atoms with Crippen molar-refractivity contribution < 1.29 is 9.53 Å². The van der Waals surface area contributed by atoms with Gasteiger partial charge in [-0.15, -0.1) is 0 Å². The summed E-state index contributed by atoms with van der Waals surface area (Å²) >= 11 is 6.00. The van der Waals surface area contributed by atoms with Crippen molar-refractivity contribution in [3.8, 4) is 5.75 Å². The molecule has 4 heteroatoms. The average molecular weight is 344 g/mol. The number of methoxy groups -OCH3 is 1. The van der Waals surface area contributed by atoms with Gasteiger partial charge in [-0.05, 0) is 36.6 Å². The maximum absolute atomic E-state index is 13.0. The van der Waals surface area contributed by atoms with E-state index in [1.165, 1.54) is 0 Å². The van der Waals surface area contributed by atoms with E-state index in [2.05, 4.69) is 5.32 Å². The average Bonchev–Trinajstić information content (AvgIpc) is 3.11. The summed E-state index contributed by atoms with van der Waals surface area (Å²) in [4.78, 5) is 13.0. The SMILES string of the molecule is COc1ccccc1CNC(=O)C1(c2ccc(Cl)cc2)CCCC1. The van der Waals surface area contributed by atoms with Gasteiger partial charge in [-0.1, -0.05) is 54.8 Å². The van der Waals surface area contributed by atoms with Gasteiger partial charge in [-0.2, -0.15) is 0 Å². The molecule has 0 saturated heterocycles. The lowest BCUT2D eigenvalue weighted by Crippen LogP contribution is -2.42. The van der Waals surface area contributed by atoms with Gasteiger partial charge in [0.1, 0.15) is 5.75 Å². The summed E-state index contributed by atoms with van der Waals surface area (Å²) in [5.41, 5.74) is 1.60. The predicted molar refractivity (Wildman–Crippen MR) is 96.4 cm³/mol. The smallest absolute Gasteiger partial charge is 0.230 e. The predicted octanol–water partition coefficient (Wildman–Crippen LogP) is 4.48. The van der Waals surface area contributed by atoms with Gasteiger partial charge in [0.25, 0.3) is 0 Å². The second-order valence-corrected chi connectivity index (χ2v) is 6.73. The minimum Gasteiger partial charge on any atom is -0.496 e. The lowest BCUT2D eigenvalue weighted by Gasteiger charge is -2.28. The highest BCUT2D eigenvalue weighted by molar-refractivity contribution is 6.30. The first-order valence-electron chi connectivity index (χ1n) is 8.32. The number of carbonyl (C=O) groups excluding carboxylic acids is 1. The third-order valence-electron chi connectivity index (χ3n) is 4.92. The highest BCUT2D eigenvalue weighted by atomic mass is 35.5. The number of carbonyl (C=O) groups is 1. The van der Waals surface area contributed by atoms with Crippen molar-refractivity contribution in [2.75, 3.05) is 7.11 Å². The largest absolute Gasteiger partial charge is 0.496 e. The second-order valence-electron chi connectivity index (χ2n) is 6.29. The summed E-state index contributed by atoms with van der Waals surface area (Å²) in [7, 11) is 1.65. The van der Waals surface area contributed by atoms with Gasteiger partial charge in [0.15, 0.2) is 0 Å². The van der Waals surface area contributed by atoms with Crippen LogP contribution in [0.5, 0.6) is 5.75 Å². The molecule has 0 bridgehead atoms. The van der Waals surface area contributed by atoms with Crippen LogP contribution in [0.15, 0.2) is 48.5 Å². The van der Waals surface area contributed by atoms with Gasteiger partial charge in [0.2, 0.25) is 5.91 Å². The van der Waals surface area contributed by atoms with Crippen molar-refractivity contribution in [2.45, 2.75) is 37.6 Å². The Balaban J connectivity index is 1.79. The van der Waals surface area contributed by atoms with E-state index in [9.17, 15) is 4.79 Å². The molecule has 0 radical (unpaired) electrons. The lowest BCUT2D eigenvalue weighted by molar-refractivity contribution is -0.126. The fourth-order valence-electron chi connectivity index (χ4n) is 3.59. The van der Waals surface area contributed by atoms with Gasteiger partial charge < -0.3 is 10.1 Å². The zero-order valence-corrected chi connectivity index (χ0v) is 14.6. The summed E-state index contributed by atoms with van der Waals surface area (Å²) in [6, 6.07) is 15.5. The van der Waals surface area contributed by atoms with E-state index in [0.717, 1.165) is 42.6 Å². The van der Waals surface area contributed by atoms with Crippen molar-refractivity contribution in [2.24, 2.45) is 0 Å². The molecule has 3 nitrogen and oxygen atoms in total. The first-order chi connectivity index (χ1) is 11.7. The van der Waals surface area contributed by atoms with Crippen LogP contribution in [0.1, 0.15) is 36.8 Å². The molecule has 0 aromatic heterocycles. The van der Waals surface area contributed by atoms with Crippen LogP contribution >= 0.6 is 11.6 Å². The van der Waals surface area contributed by atoms with Gasteiger partial charge in [0.05, 0.1) is 12.5 Å². The summed E-state index contributed by atoms with van der Waals surface area (Å²) in [5.74, 6) is 0.887. The highest BCUT2D eigenvalue weighted by Gasteiger charge is 2.42. The Kier molecular flexibility index (Phi) is 5.10. The molecule has 0 atom stereocenters. The van der Waals surface area contributed by atoms with Crippen LogP contribution < -0.4 is 10.1 Å². The Bertz CT molecular complexity index is 706. The molecule has 1 amide bonds. The maximum atomic E-state index is 13.0. The van der Waals surface area contributed by atoms with Crippen LogP contribution in [-0.2, 0) is 16.8 Å². The van der Waals surface area contributed by atoms with Crippen LogP contribution in [0, 0.1) is 0 Å². The zero-order valence-electron chi connectivity index (χ0n) is 13.8. The van der Waals surface area contributed by atoms with E-state index in [0.29, 0.717) is 11.6 Å². The fourth-order valence-corrected chi connectivity index (χ4v) is 3.71. The number of rotatable bonds is 5. The van der Waals surface area contributed by atoms with Gasteiger partial charge in [-0.25, -0.2) is 0 Å². The lowest BCUT2D eigenvalue weighted by atomic mass is 9.78. The molecule has 2 aromatic rings. The zero-order chi connectivity index (χ0) is 17.0. The fraction of sp³-hybridized carbons (Fsp3) is 0.350. The van der Waals surface area contributed by atoms with Gasteiger partial charge in [-0.3, -0.25) is 4.79 Å². The topological polar surface area (TPSA) is 38.3 Å². The van der Waals surface area contributed by atoms with Crippen LogP contribution in [-0.4, -0.2) is 13.0 Å². The van der Waals surface area contributed by atoms with E-state index in [1.54, 1.807) is 7.11 Å². The summed E-state index contributed by atoms with van der Waals surface area (Å²) in [5, 5.41) is 3.81. The maximum Gasteiger partial charge on any atom is 0.230 e. The van der Waals surface area contributed by atoms with Crippen molar-refractivity contribution in [1.29, 1.82) is 0 Å². The number of ether oxygens (including phenoxy) is 1. The van der Waals surface area contributed by atoms with E-state index in [-0.39, 0.29) is 5.91 Å². The minimum atomic E-state index is -0.438. The molecule has 2 aromatic carbocycles. The first kappa shape index (κ1) is 16.8. The van der Waals surface area contributed by atoms with E-state index < -0.39 is 5.41 Å². The molecule has 1 aliphatic rings. The Morgan fingerprint density at radius 1 is 1.12 bits per heavy atom. The molecule has 0 heterocycles. The number of amides is 1. The second kappa shape index (κ2) is 7.27. The number of halogens is 1. The van der Waals surface area contributed by atoms with Crippen molar-refractivity contribution in [1.82, 2.24) is 5.32 Å². The molecule has 1 aliphatic carbocycles. The van der Waals surface area contributed by atoms with E-state index in [4.69, 9.17) is 16.3 Å². The van der Waals surface area contributed by atoms with E-state index >= 15 is 0 Å². The van der Waals surface area contributed by atoms with E-state index in [1.807, 2.05) is 48.5 Å². The summed E-state index contributed by atoms with van der Waals surface area (Å²) < 4.78 is 5.36. The number of para-hydroxylation sites is 1. The molecule has 0 aliphatic heterocycles. The van der Waals surface area contributed by atoms with Crippen LogP contribution in [0.4, 0.5) is 0 Å². The van der Waals surface area contributed by atoms with Gasteiger partial charge in [0, 0.05) is 17.1 Å². The molecule has 1 fully saturated rings.